The molecule has 3 atom stereocenters. The lowest BCUT2D eigenvalue weighted by Crippen LogP contribution is -2.48. The predicted octanol–water partition coefficient (Wildman–Crippen LogP) is 2.40. The van der Waals surface area contributed by atoms with Gasteiger partial charge in [0.05, 0.1) is 0 Å². The minimum atomic E-state index is 0.739. The van der Waals surface area contributed by atoms with Gasteiger partial charge in [-0.25, -0.2) is 0 Å². The van der Waals surface area contributed by atoms with Crippen LogP contribution in [0.15, 0.2) is 11.6 Å². The van der Waals surface area contributed by atoms with Gasteiger partial charge in [-0.3, -0.25) is 4.90 Å². The molecule has 0 bridgehead atoms. The fourth-order valence-corrected chi connectivity index (χ4v) is 3.22. The van der Waals surface area contributed by atoms with Crippen molar-refractivity contribution in [2.24, 2.45) is 17.6 Å². The molecule has 2 heteroatoms. The highest BCUT2D eigenvalue weighted by atomic mass is 15.2. The summed E-state index contributed by atoms with van der Waals surface area (Å²) in [6.07, 6.45) is 7.72. The number of nitrogens with zero attached hydrogens (tertiary/aromatic N) is 1. The molecule has 0 amide bonds. The van der Waals surface area contributed by atoms with Crippen LogP contribution in [0.1, 0.15) is 39.5 Å². The van der Waals surface area contributed by atoms with Crippen molar-refractivity contribution in [1.82, 2.24) is 4.90 Å². The van der Waals surface area contributed by atoms with Gasteiger partial charge >= 0.3 is 0 Å². The maximum atomic E-state index is 5.93. The first kappa shape index (κ1) is 12.1. The van der Waals surface area contributed by atoms with Gasteiger partial charge in [0.1, 0.15) is 0 Å². The molecule has 1 heterocycles. The molecule has 2 aliphatic rings. The Balaban J connectivity index is 1.99. The first-order chi connectivity index (χ1) is 7.70. The molecule has 0 spiro atoms. The maximum Gasteiger partial charge on any atom is 0.0168 e. The molecule has 3 unspecified atom stereocenters. The van der Waals surface area contributed by atoms with Crippen molar-refractivity contribution in [2.75, 3.05) is 19.6 Å². The highest BCUT2D eigenvalue weighted by molar-refractivity contribution is 5.05. The van der Waals surface area contributed by atoms with Crippen LogP contribution in [0.5, 0.6) is 0 Å². The second kappa shape index (κ2) is 5.33. The molecule has 2 rings (SSSR count). The van der Waals surface area contributed by atoms with E-state index < -0.39 is 0 Å². The molecule has 16 heavy (non-hydrogen) atoms. The predicted molar refractivity (Wildman–Crippen MR) is 69.3 cm³/mol. The molecular weight excluding hydrogens is 196 g/mol. The average Bonchev–Trinajstić information content (AvgIpc) is 2.30. The summed E-state index contributed by atoms with van der Waals surface area (Å²) in [5, 5.41) is 0. The fourth-order valence-electron chi connectivity index (χ4n) is 3.22. The second-order valence-corrected chi connectivity index (χ2v) is 5.78. The van der Waals surface area contributed by atoms with Crippen LogP contribution in [0, 0.1) is 11.8 Å². The Kier molecular flexibility index (Phi) is 4.04. The van der Waals surface area contributed by atoms with Crippen molar-refractivity contribution in [3.05, 3.63) is 11.6 Å². The molecule has 1 saturated carbocycles. The Morgan fingerprint density at radius 2 is 2.25 bits per heavy atom. The van der Waals surface area contributed by atoms with Crippen molar-refractivity contribution in [3.63, 3.8) is 0 Å². The summed E-state index contributed by atoms with van der Waals surface area (Å²) >= 11 is 0. The van der Waals surface area contributed by atoms with Gasteiger partial charge in [0, 0.05) is 19.1 Å². The first-order valence-electron chi connectivity index (χ1n) is 6.80. The van der Waals surface area contributed by atoms with E-state index in [1.165, 1.54) is 32.2 Å². The van der Waals surface area contributed by atoms with Crippen LogP contribution in [0.25, 0.3) is 0 Å². The van der Waals surface area contributed by atoms with Crippen LogP contribution in [0.3, 0.4) is 0 Å². The molecule has 0 aromatic carbocycles. The highest BCUT2D eigenvalue weighted by Gasteiger charge is 2.32. The van der Waals surface area contributed by atoms with Crippen LogP contribution in [0.2, 0.25) is 0 Å². The lowest BCUT2D eigenvalue weighted by Gasteiger charge is -2.42. The summed E-state index contributed by atoms with van der Waals surface area (Å²) in [6, 6.07) is 0.748. The first-order valence-corrected chi connectivity index (χ1v) is 6.80. The summed E-state index contributed by atoms with van der Waals surface area (Å²) in [4.78, 5) is 2.67. The minimum absolute atomic E-state index is 0.739. The van der Waals surface area contributed by atoms with E-state index in [4.69, 9.17) is 5.73 Å². The number of rotatable bonds is 2. The molecule has 0 radical (unpaired) electrons. The van der Waals surface area contributed by atoms with E-state index in [1.807, 2.05) is 0 Å². The number of hydrogen-bond acceptors (Lipinski definition) is 2. The largest absolute Gasteiger partial charge is 0.330 e. The van der Waals surface area contributed by atoms with Crippen molar-refractivity contribution in [2.45, 2.75) is 45.6 Å². The summed E-state index contributed by atoms with van der Waals surface area (Å²) in [5.41, 5.74) is 7.49. The van der Waals surface area contributed by atoms with Gasteiger partial charge in [0.25, 0.3) is 0 Å². The van der Waals surface area contributed by atoms with E-state index in [9.17, 15) is 0 Å². The Morgan fingerprint density at radius 1 is 1.44 bits per heavy atom. The molecular formula is C14H26N2. The molecule has 0 aromatic rings. The average molecular weight is 222 g/mol. The molecule has 0 saturated heterocycles. The van der Waals surface area contributed by atoms with E-state index in [2.05, 4.69) is 24.8 Å². The third-order valence-corrected chi connectivity index (χ3v) is 4.46. The quantitative estimate of drug-likeness (QED) is 0.727. The zero-order valence-electron chi connectivity index (χ0n) is 10.8. The Hall–Kier alpha value is -0.340. The summed E-state index contributed by atoms with van der Waals surface area (Å²) in [5.74, 6) is 1.63. The zero-order chi connectivity index (χ0) is 11.5. The number of hydrogen-bond donors (Lipinski definition) is 1. The van der Waals surface area contributed by atoms with Crippen LogP contribution < -0.4 is 5.73 Å². The lowest BCUT2D eigenvalue weighted by atomic mass is 9.78. The monoisotopic (exact) mass is 222 g/mol. The summed E-state index contributed by atoms with van der Waals surface area (Å²) in [7, 11) is 0. The standard InChI is InChI=1S/C14H26N2/c1-11-5-7-16(8-6-11)14-9-12(2)3-4-13(14)10-15/h5,12-14H,3-4,6-10,15H2,1-2H3. The Bertz CT molecular complexity index is 259. The smallest absolute Gasteiger partial charge is 0.0168 e. The lowest BCUT2D eigenvalue weighted by molar-refractivity contribution is 0.0929. The van der Waals surface area contributed by atoms with Gasteiger partial charge in [-0.2, -0.15) is 0 Å². The molecule has 2 N–H and O–H groups in total. The van der Waals surface area contributed by atoms with Crippen molar-refractivity contribution < 1.29 is 0 Å². The Labute approximate surface area is 99.9 Å². The molecule has 1 aliphatic carbocycles. The summed E-state index contributed by atoms with van der Waals surface area (Å²) in [6.45, 7) is 7.92. The molecule has 2 nitrogen and oxygen atoms in total. The van der Waals surface area contributed by atoms with Crippen molar-refractivity contribution >= 4 is 0 Å². The Morgan fingerprint density at radius 3 is 2.88 bits per heavy atom. The molecule has 92 valence electrons. The van der Waals surface area contributed by atoms with Crippen LogP contribution in [-0.2, 0) is 0 Å². The summed E-state index contributed by atoms with van der Waals surface area (Å²) < 4.78 is 0. The van der Waals surface area contributed by atoms with Crippen molar-refractivity contribution in [1.29, 1.82) is 0 Å². The van der Waals surface area contributed by atoms with Crippen molar-refractivity contribution in [3.8, 4) is 0 Å². The van der Waals surface area contributed by atoms with Gasteiger partial charge in [-0.05, 0) is 44.6 Å². The van der Waals surface area contributed by atoms with Gasteiger partial charge in [-0.1, -0.05) is 25.0 Å². The second-order valence-electron chi connectivity index (χ2n) is 5.78. The molecule has 1 aliphatic heterocycles. The van der Waals surface area contributed by atoms with Gasteiger partial charge in [0.2, 0.25) is 0 Å². The van der Waals surface area contributed by atoms with E-state index in [0.29, 0.717) is 0 Å². The third-order valence-electron chi connectivity index (χ3n) is 4.46. The van der Waals surface area contributed by atoms with Crippen LogP contribution in [-0.4, -0.2) is 30.6 Å². The normalized spacial score (nSPS) is 37.2. The van der Waals surface area contributed by atoms with E-state index in [-0.39, 0.29) is 0 Å². The van der Waals surface area contributed by atoms with Gasteiger partial charge < -0.3 is 5.73 Å². The number of nitrogens with two attached hydrogens (primary N) is 1. The topological polar surface area (TPSA) is 29.3 Å². The minimum Gasteiger partial charge on any atom is -0.330 e. The van der Waals surface area contributed by atoms with Crippen LogP contribution in [0.4, 0.5) is 0 Å². The van der Waals surface area contributed by atoms with E-state index in [1.54, 1.807) is 5.57 Å². The van der Waals surface area contributed by atoms with Crippen LogP contribution >= 0.6 is 0 Å². The van der Waals surface area contributed by atoms with Gasteiger partial charge in [-0.15, -0.1) is 0 Å². The molecule has 1 fully saturated rings. The molecule has 0 aromatic heterocycles. The van der Waals surface area contributed by atoms with E-state index >= 15 is 0 Å². The van der Waals surface area contributed by atoms with Gasteiger partial charge in [0.15, 0.2) is 0 Å². The maximum absolute atomic E-state index is 5.93. The fraction of sp³-hybridized carbons (Fsp3) is 0.857. The highest BCUT2D eigenvalue weighted by Crippen LogP contribution is 2.32. The third kappa shape index (κ3) is 2.67. The SMILES string of the molecule is CC1=CCN(C2CC(C)CCC2CN)CC1. The zero-order valence-corrected chi connectivity index (χ0v) is 10.8. The van der Waals surface area contributed by atoms with E-state index in [0.717, 1.165) is 31.0 Å².